The van der Waals surface area contributed by atoms with E-state index in [0.717, 1.165) is 31.1 Å². The van der Waals surface area contributed by atoms with Crippen molar-refractivity contribution in [3.8, 4) is 0 Å². The molecule has 88 valence electrons. The summed E-state index contributed by atoms with van der Waals surface area (Å²) in [6, 6.07) is 4.81. The second kappa shape index (κ2) is 4.83. The van der Waals surface area contributed by atoms with Gasteiger partial charge in [-0.2, -0.15) is 0 Å². The maximum Gasteiger partial charge on any atom is 0.125 e. The zero-order chi connectivity index (χ0) is 11.5. The predicted octanol–water partition coefficient (Wildman–Crippen LogP) is 2.64. The molecule has 2 N–H and O–H groups in total. The molecule has 1 unspecified atom stereocenters. The SMILES string of the molecule is CCC1CCN(Cc2cc(N)cc(F)c2)C1. The maximum atomic E-state index is 13.1. The Hall–Kier alpha value is -1.09. The molecule has 2 nitrogen and oxygen atoms in total. The van der Waals surface area contributed by atoms with Gasteiger partial charge in [0.1, 0.15) is 5.82 Å². The highest BCUT2D eigenvalue weighted by Gasteiger charge is 2.20. The van der Waals surface area contributed by atoms with Crippen LogP contribution in [0.3, 0.4) is 0 Å². The number of hydrogen-bond donors (Lipinski definition) is 1. The van der Waals surface area contributed by atoms with Crippen LogP contribution in [0.4, 0.5) is 10.1 Å². The molecular formula is C13H19FN2. The summed E-state index contributed by atoms with van der Waals surface area (Å²) in [5.41, 5.74) is 7.12. The molecule has 0 amide bonds. The molecule has 0 aliphatic carbocycles. The number of nitrogens with two attached hydrogens (primary N) is 1. The smallest absolute Gasteiger partial charge is 0.125 e. The lowest BCUT2D eigenvalue weighted by atomic mass is 10.1. The molecule has 1 aromatic rings. The Labute approximate surface area is 96.2 Å². The minimum absolute atomic E-state index is 0.235. The van der Waals surface area contributed by atoms with Crippen molar-refractivity contribution in [3.63, 3.8) is 0 Å². The fourth-order valence-corrected chi connectivity index (χ4v) is 2.41. The van der Waals surface area contributed by atoms with E-state index in [1.54, 1.807) is 6.07 Å². The molecule has 1 saturated heterocycles. The zero-order valence-electron chi connectivity index (χ0n) is 9.75. The van der Waals surface area contributed by atoms with Gasteiger partial charge in [-0.15, -0.1) is 0 Å². The molecule has 0 radical (unpaired) electrons. The van der Waals surface area contributed by atoms with Gasteiger partial charge < -0.3 is 5.73 Å². The summed E-state index contributed by atoms with van der Waals surface area (Å²) < 4.78 is 13.1. The number of anilines is 1. The number of likely N-dealkylation sites (tertiary alicyclic amines) is 1. The van der Waals surface area contributed by atoms with Gasteiger partial charge in [0.15, 0.2) is 0 Å². The lowest BCUT2D eigenvalue weighted by molar-refractivity contribution is 0.315. The van der Waals surface area contributed by atoms with Crippen molar-refractivity contribution < 1.29 is 4.39 Å². The van der Waals surface area contributed by atoms with E-state index in [2.05, 4.69) is 11.8 Å². The van der Waals surface area contributed by atoms with Crippen LogP contribution in [-0.4, -0.2) is 18.0 Å². The van der Waals surface area contributed by atoms with Crippen molar-refractivity contribution in [2.24, 2.45) is 5.92 Å². The first kappa shape index (κ1) is 11.4. The molecule has 1 atom stereocenters. The van der Waals surface area contributed by atoms with Gasteiger partial charge in [0.25, 0.3) is 0 Å². The topological polar surface area (TPSA) is 29.3 Å². The van der Waals surface area contributed by atoms with Crippen LogP contribution in [0, 0.1) is 11.7 Å². The average Bonchev–Trinajstić information content (AvgIpc) is 2.64. The molecule has 1 aliphatic rings. The average molecular weight is 222 g/mol. The molecule has 0 bridgehead atoms. The molecule has 1 aliphatic heterocycles. The van der Waals surface area contributed by atoms with Gasteiger partial charge >= 0.3 is 0 Å². The van der Waals surface area contributed by atoms with E-state index >= 15 is 0 Å². The fourth-order valence-electron chi connectivity index (χ4n) is 2.41. The van der Waals surface area contributed by atoms with Crippen molar-refractivity contribution in [1.29, 1.82) is 0 Å². The third-order valence-electron chi connectivity index (χ3n) is 3.33. The fraction of sp³-hybridized carbons (Fsp3) is 0.538. The van der Waals surface area contributed by atoms with Crippen LogP contribution < -0.4 is 5.73 Å². The van der Waals surface area contributed by atoms with Gasteiger partial charge in [-0.3, -0.25) is 4.90 Å². The Morgan fingerprint density at radius 1 is 1.44 bits per heavy atom. The summed E-state index contributed by atoms with van der Waals surface area (Å²) in [6.45, 7) is 5.30. The highest BCUT2D eigenvalue weighted by Crippen LogP contribution is 2.22. The molecule has 0 aromatic heterocycles. The van der Waals surface area contributed by atoms with E-state index in [1.807, 2.05) is 6.07 Å². The second-order valence-corrected chi connectivity index (χ2v) is 4.69. The van der Waals surface area contributed by atoms with Crippen LogP contribution in [-0.2, 0) is 6.54 Å². The number of nitrogen functional groups attached to an aromatic ring is 1. The predicted molar refractivity (Wildman–Crippen MR) is 64.5 cm³/mol. The van der Waals surface area contributed by atoms with Gasteiger partial charge in [0.2, 0.25) is 0 Å². The van der Waals surface area contributed by atoms with Gasteiger partial charge in [-0.1, -0.05) is 13.3 Å². The van der Waals surface area contributed by atoms with Crippen LogP contribution in [0.15, 0.2) is 18.2 Å². The molecule has 2 rings (SSSR count). The first-order chi connectivity index (χ1) is 7.67. The highest BCUT2D eigenvalue weighted by atomic mass is 19.1. The van der Waals surface area contributed by atoms with Crippen LogP contribution in [0.25, 0.3) is 0 Å². The molecule has 1 fully saturated rings. The largest absolute Gasteiger partial charge is 0.399 e. The van der Waals surface area contributed by atoms with Crippen LogP contribution in [0.5, 0.6) is 0 Å². The lowest BCUT2D eigenvalue weighted by Gasteiger charge is -2.16. The summed E-state index contributed by atoms with van der Waals surface area (Å²) >= 11 is 0. The molecule has 3 heteroatoms. The number of hydrogen-bond acceptors (Lipinski definition) is 2. The van der Waals surface area contributed by atoms with Crippen LogP contribution >= 0.6 is 0 Å². The third kappa shape index (κ3) is 2.73. The number of rotatable bonds is 3. The van der Waals surface area contributed by atoms with E-state index in [-0.39, 0.29) is 5.82 Å². The zero-order valence-corrected chi connectivity index (χ0v) is 9.75. The third-order valence-corrected chi connectivity index (χ3v) is 3.33. The van der Waals surface area contributed by atoms with E-state index in [0.29, 0.717) is 5.69 Å². The number of nitrogens with zero attached hydrogens (tertiary/aromatic N) is 1. The molecular weight excluding hydrogens is 203 g/mol. The Bertz CT molecular complexity index is 345. The maximum absolute atomic E-state index is 13.1. The molecule has 1 aromatic carbocycles. The monoisotopic (exact) mass is 222 g/mol. The van der Waals surface area contributed by atoms with Crippen molar-refractivity contribution >= 4 is 5.69 Å². The molecule has 16 heavy (non-hydrogen) atoms. The normalized spacial score (nSPS) is 21.5. The molecule has 1 heterocycles. The lowest BCUT2D eigenvalue weighted by Crippen LogP contribution is -2.20. The number of benzene rings is 1. The van der Waals surface area contributed by atoms with E-state index in [4.69, 9.17) is 5.73 Å². The van der Waals surface area contributed by atoms with Crippen LogP contribution in [0.1, 0.15) is 25.3 Å². The minimum Gasteiger partial charge on any atom is -0.399 e. The van der Waals surface area contributed by atoms with Crippen molar-refractivity contribution in [2.75, 3.05) is 18.8 Å². The quantitative estimate of drug-likeness (QED) is 0.797. The van der Waals surface area contributed by atoms with Crippen molar-refractivity contribution in [1.82, 2.24) is 4.90 Å². The van der Waals surface area contributed by atoms with Gasteiger partial charge in [0.05, 0.1) is 0 Å². The minimum atomic E-state index is -0.235. The Balaban J connectivity index is 1.99. The standard InChI is InChI=1S/C13H19FN2/c1-2-10-3-4-16(8-10)9-11-5-12(14)7-13(15)6-11/h5-7,10H,2-4,8-9,15H2,1H3. The summed E-state index contributed by atoms with van der Waals surface area (Å²) in [6.07, 6.45) is 2.50. The summed E-state index contributed by atoms with van der Waals surface area (Å²) in [4.78, 5) is 2.38. The van der Waals surface area contributed by atoms with E-state index in [1.165, 1.54) is 18.9 Å². The van der Waals surface area contributed by atoms with Gasteiger partial charge in [-0.25, -0.2) is 4.39 Å². The number of halogens is 1. The van der Waals surface area contributed by atoms with Crippen LogP contribution in [0.2, 0.25) is 0 Å². The molecule has 0 saturated carbocycles. The molecule has 0 spiro atoms. The first-order valence-corrected chi connectivity index (χ1v) is 5.94. The van der Waals surface area contributed by atoms with Gasteiger partial charge in [0, 0.05) is 18.8 Å². The first-order valence-electron chi connectivity index (χ1n) is 5.94. The summed E-state index contributed by atoms with van der Waals surface area (Å²) in [7, 11) is 0. The summed E-state index contributed by atoms with van der Waals surface area (Å²) in [5, 5.41) is 0. The Morgan fingerprint density at radius 3 is 2.88 bits per heavy atom. The van der Waals surface area contributed by atoms with Crippen molar-refractivity contribution in [3.05, 3.63) is 29.6 Å². The Kier molecular flexibility index (Phi) is 3.44. The second-order valence-electron chi connectivity index (χ2n) is 4.69. The summed E-state index contributed by atoms with van der Waals surface area (Å²) in [5.74, 6) is 0.576. The highest BCUT2D eigenvalue weighted by molar-refractivity contribution is 5.41. The van der Waals surface area contributed by atoms with E-state index in [9.17, 15) is 4.39 Å². The Morgan fingerprint density at radius 2 is 2.25 bits per heavy atom. The van der Waals surface area contributed by atoms with Gasteiger partial charge in [-0.05, 0) is 42.6 Å². The van der Waals surface area contributed by atoms with E-state index < -0.39 is 0 Å². The van der Waals surface area contributed by atoms with Crippen molar-refractivity contribution in [2.45, 2.75) is 26.3 Å².